The normalized spacial score (nSPS) is 14.7. The number of furan rings is 1. The summed E-state index contributed by atoms with van der Waals surface area (Å²) in [7, 11) is 0. The van der Waals surface area contributed by atoms with Crippen molar-refractivity contribution in [2.45, 2.75) is 0 Å². The lowest BCUT2D eigenvalue weighted by molar-refractivity contribution is 0.673. The van der Waals surface area contributed by atoms with Gasteiger partial charge in [-0.3, -0.25) is 0 Å². The molecule has 1 heteroatoms. The lowest BCUT2D eigenvalue weighted by Gasteiger charge is -2.18. The van der Waals surface area contributed by atoms with E-state index in [9.17, 15) is 2.74 Å². The van der Waals surface area contributed by atoms with Crippen molar-refractivity contribution in [1.29, 1.82) is 0 Å². The molecule has 0 saturated carbocycles. The van der Waals surface area contributed by atoms with Crippen LogP contribution >= 0.6 is 0 Å². The second-order valence-corrected chi connectivity index (χ2v) is 10.5. The number of benzene rings is 8. The summed E-state index contributed by atoms with van der Waals surface area (Å²) in [6.07, 6.45) is 0. The first-order valence-corrected chi connectivity index (χ1v) is 14.0. The monoisotopic (exact) mass is 555 g/mol. The molecule has 200 valence electrons. The highest BCUT2D eigenvalue weighted by Crippen LogP contribution is 2.47. The highest BCUT2D eigenvalue weighted by atomic mass is 16.3. The van der Waals surface area contributed by atoms with Crippen molar-refractivity contribution in [3.63, 3.8) is 0 Å². The lowest BCUT2D eigenvalue weighted by Crippen LogP contribution is -1.91. The van der Waals surface area contributed by atoms with E-state index in [2.05, 4.69) is 30.3 Å². The average Bonchev–Trinajstić information content (AvgIpc) is 3.56. The second-order valence-electron chi connectivity index (χ2n) is 10.5. The molecule has 9 aromatic rings. The predicted molar refractivity (Wildman–Crippen MR) is 183 cm³/mol. The highest BCUT2D eigenvalue weighted by Gasteiger charge is 2.20. The largest absolute Gasteiger partial charge is 0.455 e. The second kappa shape index (κ2) is 9.44. The van der Waals surface area contributed by atoms with E-state index in [1.807, 2.05) is 72.8 Å². The van der Waals surface area contributed by atoms with Crippen molar-refractivity contribution < 1.29 is 16.8 Å². The maximum Gasteiger partial charge on any atom is 0.143 e. The van der Waals surface area contributed by atoms with Crippen LogP contribution in [-0.4, -0.2) is 0 Å². The number of rotatable bonds is 3. The average molecular weight is 556 g/mol. The van der Waals surface area contributed by atoms with Crippen LogP contribution in [-0.2, 0) is 0 Å². The molecule has 0 atom stereocenters. The molecule has 1 heterocycles. The first kappa shape index (κ1) is 16.7. The molecule has 43 heavy (non-hydrogen) atoms. The summed E-state index contributed by atoms with van der Waals surface area (Å²) >= 11 is 0. The van der Waals surface area contributed by atoms with Gasteiger partial charge in [0.2, 0.25) is 0 Å². The summed E-state index contributed by atoms with van der Waals surface area (Å²) < 4.78 is 84.9. The Labute approximate surface area is 261 Å². The van der Waals surface area contributed by atoms with Gasteiger partial charge in [0.15, 0.2) is 0 Å². The van der Waals surface area contributed by atoms with Gasteiger partial charge in [-0.05, 0) is 78.5 Å². The number of hydrogen-bond donors (Lipinski definition) is 0. The van der Waals surface area contributed by atoms with Gasteiger partial charge in [0.25, 0.3) is 0 Å². The fraction of sp³-hybridized carbons (Fsp3) is 0. The molecule has 0 amide bonds. The third kappa shape index (κ3) is 3.65. The topological polar surface area (TPSA) is 13.1 Å². The third-order valence-corrected chi connectivity index (χ3v) is 8.21. The molecule has 0 spiro atoms. The van der Waals surface area contributed by atoms with Crippen LogP contribution < -0.4 is 0 Å². The van der Waals surface area contributed by atoms with Crippen LogP contribution in [0.3, 0.4) is 0 Å². The summed E-state index contributed by atoms with van der Waals surface area (Å²) in [5, 5.41) is 7.03. The van der Waals surface area contributed by atoms with E-state index in [1.165, 1.54) is 0 Å². The summed E-state index contributed by atoms with van der Waals surface area (Å²) in [6.45, 7) is 0. The minimum Gasteiger partial charge on any atom is -0.455 e. The van der Waals surface area contributed by atoms with Crippen LogP contribution in [0, 0.1) is 0 Å². The van der Waals surface area contributed by atoms with E-state index in [4.69, 9.17) is 14.0 Å². The number of fused-ring (bicyclic) bond motifs is 7. The quantitative estimate of drug-likeness (QED) is 0.198. The Kier molecular flexibility index (Phi) is 3.67. The van der Waals surface area contributed by atoms with Gasteiger partial charge in [0.05, 0.1) is 12.3 Å². The van der Waals surface area contributed by atoms with Gasteiger partial charge in [-0.15, -0.1) is 0 Å². The highest BCUT2D eigenvalue weighted by molar-refractivity contribution is 6.27. The molecule has 1 nitrogen and oxygen atoms in total. The van der Waals surface area contributed by atoms with Crippen molar-refractivity contribution in [2.24, 2.45) is 0 Å². The molecule has 0 N–H and O–H groups in total. The molecular formula is C42H26O. The Morgan fingerprint density at radius 3 is 1.81 bits per heavy atom. The zero-order chi connectivity index (χ0) is 36.2. The van der Waals surface area contributed by atoms with Crippen molar-refractivity contribution in [3.8, 4) is 33.4 Å². The fourth-order valence-electron chi connectivity index (χ4n) is 6.42. The van der Waals surface area contributed by atoms with Gasteiger partial charge in [0, 0.05) is 16.2 Å². The first-order chi connectivity index (χ1) is 25.1. The molecule has 0 bridgehead atoms. The summed E-state index contributed by atoms with van der Waals surface area (Å²) in [5.41, 5.74) is 3.29. The van der Waals surface area contributed by atoms with Crippen LogP contribution in [0.2, 0.25) is 0 Å². The fourth-order valence-corrected chi connectivity index (χ4v) is 6.42. The molecule has 1 aromatic heterocycles. The molecule has 0 radical (unpaired) electrons. The molecule has 0 aliphatic carbocycles. The van der Waals surface area contributed by atoms with Gasteiger partial charge >= 0.3 is 0 Å². The molecule has 0 unspecified atom stereocenters. The van der Waals surface area contributed by atoms with Gasteiger partial charge in [-0.1, -0.05) is 139 Å². The van der Waals surface area contributed by atoms with E-state index in [1.54, 1.807) is 0 Å². The van der Waals surface area contributed by atoms with E-state index < -0.39 is 42.3 Å². The summed E-state index contributed by atoms with van der Waals surface area (Å²) in [6, 6.07) is 28.9. The van der Waals surface area contributed by atoms with Gasteiger partial charge in [0.1, 0.15) is 11.2 Å². The molecule has 0 aliphatic rings. The van der Waals surface area contributed by atoms with Gasteiger partial charge < -0.3 is 4.42 Å². The predicted octanol–water partition coefficient (Wildman–Crippen LogP) is 12.0. The molecule has 0 aliphatic heterocycles. The van der Waals surface area contributed by atoms with E-state index in [-0.39, 0.29) is 28.8 Å². The molecule has 0 saturated heterocycles. The van der Waals surface area contributed by atoms with Crippen molar-refractivity contribution in [3.05, 3.63) is 158 Å². The van der Waals surface area contributed by atoms with Crippen LogP contribution in [0.25, 0.3) is 87.6 Å². The Hall–Kier alpha value is -5.66. The molecular weight excluding hydrogens is 520 g/mol. The molecule has 8 aromatic carbocycles. The minimum absolute atomic E-state index is 0.0419. The Morgan fingerprint density at radius 2 is 1.07 bits per heavy atom. The van der Waals surface area contributed by atoms with Crippen LogP contribution in [0.5, 0.6) is 0 Å². The maximum atomic E-state index is 9.53. The van der Waals surface area contributed by atoms with Crippen LogP contribution in [0.1, 0.15) is 12.3 Å². The van der Waals surface area contributed by atoms with Crippen molar-refractivity contribution in [2.75, 3.05) is 0 Å². The molecule has 0 fully saturated rings. The van der Waals surface area contributed by atoms with E-state index in [0.717, 1.165) is 54.6 Å². The van der Waals surface area contributed by atoms with E-state index in [0.29, 0.717) is 16.3 Å². The van der Waals surface area contributed by atoms with Crippen molar-refractivity contribution in [1.82, 2.24) is 0 Å². The van der Waals surface area contributed by atoms with Gasteiger partial charge in [-0.25, -0.2) is 0 Å². The minimum atomic E-state index is -0.605. The van der Waals surface area contributed by atoms with Crippen LogP contribution in [0.4, 0.5) is 0 Å². The SMILES string of the molecule is [2H]c1c([2H])c([2H])c(-c2c([2H])c([2H])c([2H])c(-c3c4ccccc4c(-c4cccc5oc6c7ccccc7ccc6c45)c4ccccc34)c2[2H])c([2H])c1[2H]. The van der Waals surface area contributed by atoms with Gasteiger partial charge in [-0.2, -0.15) is 0 Å². The standard InChI is InChI=1S/C42H26O/c1-2-12-27(13-3-1)29-15-10-16-30(26-29)39-32-18-6-8-20-34(32)40(35-21-9-7-19-33(35)39)36-22-11-23-38-41(36)37-25-24-28-14-4-5-17-31(28)42(37)43-38/h1-26H/i1D,2D,3D,10D,12D,13D,15D,16D,26D. The number of hydrogen-bond acceptors (Lipinski definition) is 1. The Bertz CT molecular complexity index is 2930. The Morgan fingerprint density at radius 1 is 0.442 bits per heavy atom. The smallest absolute Gasteiger partial charge is 0.143 e. The Balaban J connectivity index is 1.43. The zero-order valence-electron chi connectivity index (χ0n) is 31.7. The zero-order valence-corrected chi connectivity index (χ0v) is 22.7. The molecule has 9 rings (SSSR count). The lowest BCUT2D eigenvalue weighted by atomic mass is 9.84. The third-order valence-electron chi connectivity index (χ3n) is 8.21. The van der Waals surface area contributed by atoms with Crippen LogP contribution in [0.15, 0.2) is 162 Å². The van der Waals surface area contributed by atoms with Crippen molar-refractivity contribution >= 4 is 54.3 Å². The van der Waals surface area contributed by atoms with E-state index >= 15 is 0 Å². The first-order valence-electron chi connectivity index (χ1n) is 18.5. The summed E-state index contributed by atoms with van der Waals surface area (Å²) in [4.78, 5) is 0. The summed E-state index contributed by atoms with van der Waals surface area (Å²) in [5.74, 6) is 0. The maximum absolute atomic E-state index is 9.53.